The Bertz CT molecular complexity index is 233. The maximum Gasteiger partial charge on any atom is 0.220 e. The number of aliphatic hydroxyl groups excluding tert-OH is 3. The lowest BCUT2D eigenvalue weighted by Crippen LogP contribution is -2.58. The van der Waals surface area contributed by atoms with Crippen LogP contribution < -0.4 is 5.73 Å². The van der Waals surface area contributed by atoms with Crippen LogP contribution in [-0.4, -0.2) is 59.0 Å². The summed E-state index contributed by atoms with van der Waals surface area (Å²) >= 11 is 0. The summed E-state index contributed by atoms with van der Waals surface area (Å²) < 4.78 is 9.80. The fraction of sp³-hybridized carbons (Fsp3) is 0.875. The van der Waals surface area contributed by atoms with Crippen LogP contribution in [0.25, 0.3) is 0 Å². The topological polar surface area (TPSA) is 122 Å². The Labute approximate surface area is 86.4 Å². The molecule has 0 saturated carbocycles. The number of primary amides is 1. The van der Waals surface area contributed by atoms with Crippen LogP contribution in [0.1, 0.15) is 6.42 Å². The molecular weight excluding hydrogens is 206 g/mol. The van der Waals surface area contributed by atoms with Crippen LogP contribution in [0, 0.1) is 0 Å². The number of methoxy groups -OCH3 is 1. The van der Waals surface area contributed by atoms with Crippen molar-refractivity contribution in [2.24, 2.45) is 5.73 Å². The Morgan fingerprint density at radius 3 is 2.40 bits per heavy atom. The van der Waals surface area contributed by atoms with Gasteiger partial charge in [0.1, 0.15) is 18.3 Å². The number of hydrogen-bond donors (Lipinski definition) is 4. The van der Waals surface area contributed by atoms with Gasteiger partial charge in [-0.05, 0) is 0 Å². The summed E-state index contributed by atoms with van der Waals surface area (Å²) in [6.07, 6.45) is -6.43. The number of hydrogen-bond acceptors (Lipinski definition) is 6. The molecule has 5 N–H and O–H groups in total. The second-order valence-electron chi connectivity index (χ2n) is 3.42. The Morgan fingerprint density at radius 1 is 1.33 bits per heavy atom. The van der Waals surface area contributed by atoms with Crippen LogP contribution >= 0.6 is 0 Å². The van der Waals surface area contributed by atoms with E-state index in [9.17, 15) is 20.1 Å². The third-order valence-corrected chi connectivity index (χ3v) is 2.30. The number of nitrogens with two attached hydrogens (primary N) is 1. The van der Waals surface area contributed by atoms with Gasteiger partial charge in [0.05, 0.1) is 12.5 Å². The van der Waals surface area contributed by atoms with Crippen molar-refractivity contribution < 1.29 is 29.6 Å². The van der Waals surface area contributed by atoms with Crippen molar-refractivity contribution in [3.8, 4) is 0 Å². The normalized spacial score (nSPS) is 41.5. The van der Waals surface area contributed by atoms with E-state index in [2.05, 4.69) is 0 Å². The smallest absolute Gasteiger partial charge is 0.220 e. The number of carbonyl (C=O) groups is 1. The molecule has 5 atom stereocenters. The van der Waals surface area contributed by atoms with Crippen molar-refractivity contribution in [1.82, 2.24) is 0 Å². The molecule has 0 radical (unpaired) electrons. The van der Waals surface area contributed by atoms with Crippen LogP contribution in [0.4, 0.5) is 0 Å². The Hall–Kier alpha value is -0.730. The first kappa shape index (κ1) is 12.3. The second-order valence-corrected chi connectivity index (χ2v) is 3.42. The lowest BCUT2D eigenvalue weighted by atomic mass is 9.97. The summed E-state index contributed by atoms with van der Waals surface area (Å²) in [6.45, 7) is 0. The first-order chi connectivity index (χ1) is 6.97. The minimum atomic E-state index is -1.42. The van der Waals surface area contributed by atoms with Gasteiger partial charge < -0.3 is 30.5 Å². The summed E-state index contributed by atoms with van der Waals surface area (Å²) in [5.74, 6) is -0.669. The minimum absolute atomic E-state index is 0.245. The van der Waals surface area contributed by atoms with E-state index in [1.807, 2.05) is 0 Å². The molecule has 0 aromatic rings. The zero-order valence-corrected chi connectivity index (χ0v) is 8.24. The number of aliphatic hydroxyl groups is 3. The molecule has 1 heterocycles. The van der Waals surface area contributed by atoms with Crippen LogP contribution in [0.15, 0.2) is 0 Å². The largest absolute Gasteiger partial charge is 0.388 e. The molecule has 0 aliphatic carbocycles. The fourth-order valence-corrected chi connectivity index (χ4v) is 1.48. The van der Waals surface area contributed by atoms with Gasteiger partial charge in [-0.3, -0.25) is 4.79 Å². The van der Waals surface area contributed by atoms with Crippen molar-refractivity contribution in [2.45, 2.75) is 37.1 Å². The molecule has 1 aliphatic rings. The molecule has 1 amide bonds. The maximum atomic E-state index is 10.6. The Kier molecular flexibility index (Phi) is 4.00. The van der Waals surface area contributed by atoms with Gasteiger partial charge in [0, 0.05) is 7.11 Å². The average molecular weight is 221 g/mol. The maximum absolute atomic E-state index is 10.6. The molecule has 0 aromatic carbocycles. The molecular formula is C8H15NO6. The SMILES string of the molecule is CO[C@H]1O[C@H](CC(N)=O)[C@@H](O)[C@H](O)[C@@H]1O. The summed E-state index contributed by atoms with van der Waals surface area (Å²) in [6, 6.07) is 0. The zero-order chi connectivity index (χ0) is 11.6. The molecule has 15 heavy (non-hydrogen) atoms. The van der Waals surface area contributed by atoms with Gasteiger partial charge in [0.15, 0.2) is 6.29 Å². The Morgan fingerprint density at radius 2 is 1.93 bits per heavy atom. The first-order valence-corrected chi connectivity index (χ1v) is 4.48. The summed E-state index contributed by atoms with van der Waals surface area (Å²) in [5, 5.41) is 28.3. The highest BCUT2D eigenvalue weighted by Crippen LogP contribution is 2.23. The lowest BCUT2D eigenvalue weighted by molar-refractivity contribution is -0.289. The quantitative estimate of drug-likeness (QED) is 0.412. The van der Waals surface area contributed by atoms with Gasteiger partial charge >= 0.3 is 0 Å². The highest BCUT2D eigenvalue weighted by Gasteiger charge is 2.44. The molecule has 7 heteroatoms. The van der Waals surface area contributed by atoms with E-state index in [0.29, 0.717) is 0 Å². The summed E-state index contributed by atoms with van der Waals surface area (Å²) in [4.78, 5) is 10.6. The summed E-state index contributed by atoms with van der Waals surface area (Å²) in [7, 11) is 1.28. The van der Waals surface area contributed by atoms with Crippen LogP contribution in [0.3, 0.4) is 0 Å². The van der Waals surface area contributed by atoms with Crippen molar-refractivity contribution in [2.75, 3.05) is 7.11 Å². The molecule has 0 unspecified atom stereocenters. The zero-order valence-electron chi connectivity index (χ0n) is 8.24. The molecule has 1 saturated heterocycles. The predicted molar refractivity (Wildman–Crippen MR) is 47.5 cm³/mol. The van der Waals surface area contributed by atoms with E-state index >= 15 is 0 Å². The minimum Gasteiger partial charge on any atom is -0.388 e. The van der Waals surface area contributed by atoms with Gasteiger partial charge in [-0.2, -0.15) is 0 Å². The molecule has 0 spiro atoms. The third-order valence-electron chi connectivity index (χ3n) is 2.30. The van der Waals surface area contributed by atoms with E-state index < -0.39 is 36.6 Å². The van der Waals surface area contributed by atoms with Crippen LogP contribution in [0.5, 0.6) is 0 Å². The van der Waals surface area contributed by atoms with Gasteiger partial charge in [-0.15, -0.1) is 0 Å². The summed E-state index contributed by atoms with van der Waals surface area (Å²) in [5.41, 5.74) is 4.94. The molecule has 0 aromatic heterocycles. The van der Waals surface area contributed by atoms with Crippen molar-refractivity contribution in [3.63, 3.8) is 0 Å². The van der Waals surface area contributed by atoms with Gasteiger partial charge in [-0.25, -0.2) is 0 Å². The predicted octanol–water partition coefficient (Wildman–Crippen LogP) is -2.68. The molecule has 1 aliphatic heterocycles. The molecule has 0 bridgehead atoms. The van der Waals surface area contributed by atoms with E-state index in [1.165, 1.54) is 7.11 Å². The fourth-order valence-electron chi connectivity index (χ4n) is 1.48. The number of carbonyl (C=O) groups excluding carboxylic acids is 1. The van der Waals surface area contributed by atoms with Crippen molar-refractivity contribution in [1.29, 1.82) is 0 Å². The van der Waals surface area contributed by atoms with Gasteiger partial charge in [0.2, 0.25) is 5.91 Å². The van der Waals surface area contributed by atoms with Crippen molar-refractivity contribution >= 4 is 5.91 Å². The Balaban J connectivity index is 2.69. The van der Waals surface area contributed by atoms with E-state index in [4.69, 9.17) is 15.2 Å². The molecule has 7 nitrogen and oxygen atoms in total. The van der Waals surface area contributed by atoms with E-state index in [-0.39, 0.29) is 6.42 Å². The second kappa shape index (κ2) is 4.86. The van der Waals surface area contributed by atoms with E-state index in [1.54, 1.807) is 0 Å². The van der Waals surface area contributed by atoms with Gasteiger partial charge in [-0.1, -0.05) is 0 Å². The van der Waals surface area contributed by atoms with E-state index in [0.717, 1.165) is 0 Å². The first-order valence-electron chi connectivity index (χ1n) is 4.48. The monoisotopic (exact) mass is 221 g/mol. The van der Waals surface area contributed by atoms with Crippen molar-refractivity contribution in [3.05, 3.63) is 0 Å². The average Bonchev–Trinajstić information content (AvgIpc) is 2.18. The standard InChI is InChI=1S/C8H15NO6/c1-14-8-7(13)6(12)5(11)3(15-8)2-4(9)10/h3,5-8,11-13H,2H2,1H3,(H2,9,10)/t3-,5-,6+,7+,8+/m1/s1. The highest BCUT2D eigenvalue weighted by molar-refractivity contribution is 5.74. The van der Waals surface area contributed by atoms with Crippen LogP contribution in [-0.2, 0) is 14.3 Å². The molecule has 1 rings (SSSR count). The molecule has 1 fully saturated rings. The highest BCUT2D eigenvalue weighted by atomic mass is 16.7. The lowest BCUT2D eigenvalue weighted by Gasteiger charge is -2.39. The molecule has 88 valence electrons. The number of ether oxygens (including phenoxy) is 2. The van der Waals surface area contributed by atoms with Gasteiger partial charge in [0.25, 0.3) is 0 Å². The van der Waals surface area contributed by atoms with Crippen LogP contribution in [0.2, 0.25) is 0 Å². The number of amides is 1. The number of rotatable bonds is 3. The third kappa shape index (κ3) is 2.64.